The van der Waals surface area contributed by atoms with E-state index in [4.69, 9.17) is 4.74 Å². The van der Waals surface area contributed by atoms with E-state index in [1.165, 1.54) is 0 Å². The average Bonchev–Trinajstić information content (AvgIpc) is 2.81. The highest BCUT2D eigenvalue weighted by molar-refractivity contribution is 8.73. The summed E-state index contributed by atoms with van der Waals surface area (Å²) in [4.78, 5) is 11.2. The Hall–Kier alpha value is -0.490. The lowest BCUT2D eigenvalue weighted by Crippen LogP contribution is -2.35. The minimum Gasteiger partial charge on any atom is -0.458 e. The van der Waals surface area contributed by atoms with Gasteiger partial charge in [0.05, 0.1) is 10.5 Å². The number of rotatable bonds is 2. The summed E-state index contributed by atoms with van der Waals surface area (Å²) in [5.74, 6) is -0.0183. The van der Waals surface area contributed by atoms with E-state index in [2.05, 4.69) is 6.58 Å². The second-order valence-corrected chi connectivity index (χ2v) is 8.89. The van der Waals surface area contributed by atoms with Crippen molar-refractivity contribution in [2.45, 2.75) is 29.4 Å². The van der Waals surface area contributed by atoms with Crippen molar-refractivity contribution < 1.29 is 17.9 Å². The van der Waals surface area contributed by atoms with Crippen LogP contribution < -0.4 is 0 Å². The van der Waals surface area contributed by atoms with E-state index < -0.39 is 14.8 Å². The van der Waals surface area contributed by atoms with Crippen molar-refractivity contribution in [1.82, 2.24) is 0 Å². The molecule has 5 unspecified atom stereocenters. The van der Waals surface area contributed by atoms with Gasteiger partial charge in [-0.1, -0.05) is 6.58 Å². The maximum absolute atomic E-state index is 11.8. The van der Waals surface area contributed by atoms with E-state index in [-0.39, 0.29) is 28.4 Å². The Morgan fingerprint density at radius 1 is 1.44 bits per heavy atom. The number of carbonyl (C=O) groups is 1. The molecule has 0 amide bonds. The first-order chi connectivity index (χ1) is 7.53. The van der Waals surface area contributed by atoms with Gasteiger partial charge in [0.2, 0.25) is 8.87 Å². The number of carbonyl (C=O) groups excluding carboxylic acids is 1. The topological polar surface area (TPSA) is 60.4 Å². The molecule has 6 heteroatoms. The Morgan fingerprint density at radius 3 is 2.88 bits per heavy atom. The number of ether oxygens (including phenoxy) is 1. The molecule has 3 aliphatic rings. The zero-order chi connectivity index (χ0) is 11.5. The van der Waals surface area contributed by atoms with Gasteiger partial charge in [0, 0.05) is 6.08 Å². The molecular weight excluding hydrogens is 248 g/mol. The van der Waals surface area contributed by atoms with E-state index in [9.17, 15) is 13.2 Å². The normalized spacial score (nSPS) is 46.9. The first-order valence-corrected chi connectivity index (χ1v) is 8.22. The van der Waals surface area contributed by atoms with Gasteiger partial charge in [-0.05, 0) is 35.5 Å². The average molecular weight is 260 g/mol. The Balaban J connectivity index is 1.86. The van der Waals surface area contributed by atoms with Gasteiger partial charge in [0.15, 0.2) is 0 Å². The molecule has 88 valence electrons. The fourth-order valence-electron chi connectivity index (χ4n) is 3.23. The molecule has 0 N–H and O–H groups in total. The maximum Gasteiger partial charge on any atom is 0.330 e. The van der Waals surface area contributed by atoms with Crippen LogP contribution in [0.5, 0.6) is 0 Å². The van der Waals surface area contributed by atoms with Crippen molar-refractivity contribution in [2.24, 2.45) is 11.8 Å². The zero-order valence-corrected chi connectivity index (χ0v) is 10.2. The number of hydrogen-bond donors (Lipinski definition) is 0. The molecule has 0 aromatic heterocycles. The van der Waals surface area contributed by atoms with Crippen molar-refractivity contribution in [2.75, 3.05) is 0 Å². The van der Waals surface area contributed by atoms with E-state index in [0.717, 1.165) is 23.3 Å². The summed E-state index contributed by atoms with van der Waals surface area (Å²) in [6.45, 7) is 3.36. The van der Waals surface area contributed by atoms with Crippen LogP contribution in [-0.4, -0.2) is 31.0 Å². The molecule has 4 nitrogen and oxygen atoms in total. The van der Waals surface area contributed by atoms with E-state index in [0.29, 0.717) is 6.42 Å². The van der Waals surface area contributed by atoms with Crippen LogP contribution in [0.1, 0.15) is 12.8 Å². The molecule has 1 aliphatic heterocycles. The van der Waals surface area contributed by atoms with Crippen molar-refractivity contribution in [1.29, 1.82) is 0 Å². The summed E-state index contributed by atoms with van der Waals surface area (Å²) in [7, 11) is -2.00. The van der Waals surface area contributed by atoms with Gasteiger partial charge < -0.3 is 4.74 Å². The molecule has 16 heavy (non-hydrogen) atoms. The first kappa shape index (κ1) is 10.7. The molecule has 5 atom stereocenters. The highest BCUT2D eigenvalue weighted by atomic mass is 33.1. The van der Waals surface area contributed by atoms with Gasteiger partial charge in [-0.3, -0.25) is 0 Å². The first-order valence-electron chi connectivity index (χ1n) is 5.28. The highest BCUT2D eigenvalue weighted by Gasteiger charge is 2.64. The molecule has 0 aromatic rings. The second-order valence-electron chi connectivity index (χ2n) is 4.59. The van der Waals surface area contributed by atoms with Crippen LogP contribution in [0.4, 0.5) is 0 Å². The Labute approximate surface area is 97.7 Å². The molecule has 2 bridgehead atoms. The Bertz CT molecular complexity index is 455. The molecule has 2 aliphatic carbocycles. The van der Waals surface area contributed by atoms with Crippen LogP contribution in [-0.2, 0) is 18.4 Å². The SMILES string of the molecule is C=CC(=O)OC1C2CC3C1SS(=O)(=O)C3C2. The fraction of sp³-hybridized carbons (Fsp3) is 0.700. The van der Waals surface area contributed by atoms with Gasteiger partial charge in [-0.15, -0.1) is 0 Å². The number of esters is 1. The van der Waals surface area contributed by atoms with Crippen LogP contribution >= 0.6 is 10.8 Å². The summed E-state index contributed by atoms with van der Waals surface area (Å²) < 4.78 is 28.8. The van der Waals surface area contributed by atoms with E-state index >= 15 is 0 Å². The van der Waals surface area contributed by atoms with Gasteiger partial charge in [0.25, 0.3) is 0 Å². The minimum absolute atomic E-state index is 0.0438. The lowest BCUT2D eigenvalue weighted by Gasteiger charge is -2.24. The van der Waals surface area contributed by atoms with Crippen molar-refractivity contribution in [3.8, 4) is 0 Å². The van der Waals surface area contributed by atoms with Crippen molar-refractivity contribution in [3.63, 3.8) is 0 Å². The zero-order valence-electron chi connectivity index (χ0n) is 8.53. The predicted molar refractivity (Wildman–Crippen MR) is 60.4 cm³/mol. The minimum atomic E-state index is -3.01. The summed E-state index contributed by atoms with van der Waals surface area (Å²) in [5.41, 5.74) is 0. The summed E-state index contributed by atoms with van der Waals surface area (Å²) in [6, 6.07) is 0. The van der Waals surface area contributed by atoms with Crippen LogP contribution in [0, 0.1) is 11.8 Å². The van der Waals surface area contributed by atoms with E-state index in [1.54, 1.807) is 0 Å². The second kappa shape index (κ2) is 3.26. The summed E-state index contributed by atoms with van der Waals surface area (Å²) in [6.07, 6.45) is 2.45. The van der Waals surface area contributed by atoms with Crippen LogP contribution in [0.15, 0.2) is 12.7 Å². The van der Waals surface area contributed by atoms with Gasteiger partial charge in [-0.25, -0.2) is 13.2 Å². The lowest BCUT2D eigenvalue weighted by atomic mass is 9.96. The molecule has 3 fully saturated rings. The molecule has 2 saturated carbocycles. The lowest BCUT2D eigenvalue weighted by molar-refractivity contribution is -0.144. The number of fused-ring (bicyclic) bond motifs is 1. The standard InChI is InChI=1S/C10H12O4S2/c1-2-8(11)14-9-5-3-6-7(4-5)16(12,13)15-10(6)9/h2,5-7,9-10H,1,3-4H2. The molecular formula is C10H12O4S2. The smallest absolute Gasteiger partial charge is 0.330 e. The van der Waals surface area contributed by atoms with E-state index in [1.807, 2.05) is 0 Å². The maximum atomic E-state index is 11.8. The van der Waals surface area contributed by atoms with Crippen molar-refractivity contribution >= 4 is 25.6 Å². The fourth-order valence-corrected chi connectivity index (χ4v) is 8.58. The van der Waals surface area contributed by atoms with Crippen molar-refractivity contribution in [3.05, 3.63) is 12.7 Å². The third kappa shape index (κ3) is 1.29. The van der Waals surface area contributed by atoms with Gasteiger partial charge in [0.1, 0.15) is 6.10 Å². The molecule has 0 aromatic carbocycles. The Morgan fingerprint density at radius 2 is 2.19 bits per heavy atom. The Kier molecular flexibility index (Phi) is 2.17. The van der Waals surface area contributed by atoms with Crippen LogP contribution in [0.3, 0.4) is 0 Å². The quantitative estimate of drug-likeness (QED) is 0.420. The molecule has 1 heterocycles. The summed E-state index contributed by atoms with van der Waals surface area (Å²) in [5, 5.41) is -0.233. The van der Waals surface area contributed by atoms with Gasteiger partial charge in [-0.2, -0.15) is 0 Å². The number of hydrogen-bond acceptors (Lipinski definition) is 5. The molecule has 3 rings (SSSR count). The van der Waals surface area contributed by atoms with Crippen LogP contribution in [0.2, 0.25) is 0 Å². The molecule has 0 spiro atoms. The third-order valence-electron chi connectivity index (χ3n) is 3.83. The molecule has 0 radical (unpaired) electrons. The highest BCUT2D eigenvalue weighted by Crippen LogP contribution is 2.61. The largest absolute Gasteiger partial charge is 0.458 e. The van der Waals surface area contributed by atoms with Crippen LogP contribution in [0.25, 0.3) is 0 Å². The predicted octanol–water partition coefficient (Wildman–Crippen LogP) is 0.938. The third-order valence-corrected chi connectivity index (χ3v) is 8.44. The monoisotopic (exact) mass is 260 g/mol. The van der Waals surface area contributed by atoms with Gasteiger partial charge >= 0.3 is 5.97 Å². The molecule has 1 saturated heterocycles. The summed E-state index contributed by atoms with van der Waals surface area (Å²) >= 11 is 0.